The Kier molecular flexibility index (Phi) is 6.35. The average Bonchev–Trinajstić information content (AvgIpc) is 2.68. The monoisotopic (exact) mass is 409 g/mol. The van der Waals surface area contributed by atoms with Gasteiger partial charge in [0.25, 0.3) is 0 Å². The van der Waals surface area contributed by atoms with E-state index in [0.717, 1.165) is 23.8 Å². The fourth-order valence-electron chi connectivity index (χ4n) is 3.86. The summed E-state index contributed by atoms with van der Waals surface area (Å²) >= 11 is 1.55. The van der Waals surface area contributed by atoms with Crippen LogP contribution in [-0.4, -0.2) is 34.8 Å². The lowest BCUT2D eigenvalue weighted by Gasteiger charge is -2.40. The molecule has 1 fully saturated rings. The number of piperidine rings is 1. The van der Waals surface area contributed by atoms with Crippen LogP contribution in [-0.2, 0) is 11.0 Å². The molecule has 0 radical (unpaired) electrons. The smallest absolute Gasteiger partial charge is 0.416 e. The lowest BCUT2D eigenvalue weighted by Crippen LogP contribution is -2.47. The fourth-order valence-corrected chi connectivity index (χ4v) is 4.27. The third kappa shape index (κ3) is 4.36. The van der Waals surface area contributed by atoms with E-state index in [2.05, 4.69) is 0 Å². The van der Waals surface area contributed by atoms with E-state index in [1.807, 2.05) is 18.4 Å². The van der Waals surface area contributed by atoms with Crippen molar-refractivity contribution in [2.75, 3.05) is 12.8 Å². The molecular weight excluding hydrogens is 387 g/mol. The fraction of sp³-hybridized carbons (Fsp3) is 0.381. The van der Waals surface area contributed by atoms with Gasteiger partial charge in [0.1, 0.15) is 6.04 Å². The molecule has 2 aromatic rings. The van der Waals surface area contributed by atoms with Gasteiger partial charge < -0.3 is 5.11 Å². The summed E-state index contributed by atoms with van der Waals surface area (Å²) < 4.78 is 41.2. The number of hydrogen-bond acceptors (Lipinski definition) is 3. The standard InChI is InChI=1S/C21H22F3NO2S/c1-28-15-11-9-14(10-12-15)19(25-13-5-4-8-18(25)20(26)27)16-6-2-3-7-17(16)21(22,23)24/h2-3,6-7,9-12,18-19H,4-5,8,13H2,1H3,(H,26,27). The van der Waals surface area contributed by atoms with Crippen LogP contribution in [0.15, 0.2) is 53.4 Å². The van der Waals surface area contributed by atoms with E-state index >= 15 is 0 Å². The number of carbonyl (C=O) groups is 1. The van der Waals surface area contributed by atoms with Crippen molar-refractivity contribution in [2.45, 2.75) is 42.4 Å². The average molecular weight is 409 g/mol. The van der Waals surface area contributed by atoms with Crippen LogP contribution >= 0.6 is 11.8 Å². The molecule has 2 atom stereocenters. The van der Waals surface area contributed by atoms with Gasteiger partial charge >= 0.3 is 12.1 Å². The van der Waals surface area contributed by atoms with Crippen LogP contribution in [0.1, 0.15) is 42.0 Å². The Morgan fingerprint density at radius 3 is 2.43 bits per heavy atom. The summed E-state index contributed by atoms with van der Waals surface area (Å²) in [5.74, 6) is -0.991. The summed E-state index contributed by atoms with van der Waals surface area (Å²) in [6.45, 7) is 0.443. The number of carboxylic acids is 1. The van der Waals surface area contributed by atoms with Crippen molar-refractivity contribution in [2.24, 2.45) is 0 Å². The van der Waals surface area contributed by atoms with Gasteiger partial charge in [-0.25, -0.2) is 0 Å². The van der Waals surface area contributed by atoms with E-state index in [4.69, 9.17) is 0 Å². The molecule has 0 spiro atoms. The Morgan fingerprint density at radius 1 is 1.14 bits per heavy atom. The number of carboxylic acid groups (broad SMARTS) is 1. The van der Waals surface area contributed by atoms with Crippen LogP contribution in [0, 0.1) is 0 Å². The highest BCUT2D eigenvalue weighted by Gasteiger charge is 2.40. The van der Waals surface area contributed by atoms with Crippen molar-refractivity contribution >= 4 is 17.7 Å². The maximum Gasteiger partial charge on any atom is 0.416 e. The minimum atomic E-state index is -4.51. The van der Waals surface area contributed by atoms with Gasteiger partial charge in [-0.1, -0.05) is 36.8 Å². The number of halogens is 3. The molecule has 2 aromatic carbocycles. The van der Waals surface area contributed by atoms with Crippen LogP contribution in [0.4, 0.5) is 13.2 Å². The van der Waals surface area contributed by atoms with E-state index in [0.29, 0.717) is 18.5 Å². The van der Waals surface area contributed by atoms with Crippen molar-refractivity contribution in [1.82, 2.24) is 4.90 Å². The largest absolute Gasteiger partial charge is 0.480 e. The van der Waals surface area contributed by atoms with Gasteiger partial charge in [0.15, 0.2) is 0 Å². The zero-order chi connectivity index (χ0) is 20.3. The number of rotatable bonds is 5. The molecule has 28 heavy (non-hydrogen) atoms. The van der Waals surface area contributed by atoms with E-state index in [-0.39, 0.29) is 5.56 Å². The third-order valence-corrected chi connectivity index (χ3v) is 5.90. The van der Waals surface area contributed by atoms with E-state index in [1.54, 1.807) is 34.9 Å². The SMILES string of the molecule is CSc1ccc(C(c2ccccc2C(F)(F)F)N2CCCCC2C(=O)O)cc1. The van der Waals surface area contributed by atoms with Crippen molar-refractivity contribution in [3.05, 3.63) is 65.2 Å². The summed E-state index contributed by atoms with van der Waals surface area (Å²) in [6.07, 6.45) is -0.633. The predicted molar refractivity (Wildman–Crippen MR) is 103 cm³/mol. The van der Waals surface area contributed by atoms with Crippen molar-refractivity contribution < 1.29 is 23.1 Å². The third-order valence-electron chi connectivity index (χ3n) is 5.15. The molecular formula is C21H22F3NO2S. The molecule has 0 saturated carbocycles. The first-order valence-corrected chi connectivity index (χ1v) is 10.3. The first-order chi connectivity index (χ1) is 13.3. The van der Waals surface area contributed by atoms with Gasteiger partial charge in [-0.2, -0.15) is 13.2 Å². The Hall–Kier alpha value is -1.99. The van der Waals surface area contributed by atoms with Crippen LogP contribution < -0.4 is 0 Å². The molecule has 150 valence electrons. The normalized spacial score (nSPS) is 19.4. The Bertz CT molecular complexity index is 823. The minimum absolute atomic E-state index is 0.0973. The maximum atomic E-state index is 13.7. The zero-order valence-corrected chi connectivity index (χ0v) is 16.3. The van der Waals surface area contributed by atoms with Crippen molar-refractivity contribution in [1.29, 1.82) is 0 Å². The molecule has 2 unspecified atom stereocenters. The summed E-state index contributed by atoms with van der Waals surface area (Å²) in [6, 6.07) is 11.2. The van der Waals surface area contributed by atoms with E-state index in [9.17, 15) is 23.1 Å². The first kappa shape index (κ1) is 20.7. The first-order valence-electron chi connectivity index (χ1n) is 9.11. The maximum absolute atomic E-state index is 13.7. The second-order valence-electron chi connectivity index (χ2n) is 6.85. The number of aliphatic carboxylic acids is 1. The van der Waals surface area contributed by atoms with Crippen LogP contribution in [0.5, 0.6) is 0 Å². The Labute approximate surface area is 166 Å². The summed E-state index contributed by atoms with van der Waals surface area (Å²) in [5, 5.41) is 9.70. The minimum Gasteiger partial charge on any atom is -0.480 e. The highest BCUT2D eigenvalue weighted by atomic mass is 32.2. The Balaban J connectivity index is 2.16. The molecule has 0 amide bonds. The van der Waals surface area contributed by atoms with Gasteiger partial charge in [0.05, 0.1) is 11.6 Å². The molecule has 1 N–H and O–H groups in total. The van der Waals surface area contributed by atoms with E-state index in [1.165, 1.54) is 12.1 Å². The number of thioether (sulfide) groups is 1. The summed E-state index contributed by atoms with van der Waals surface area (Å²) in [7, 11) is 0. The molecule has 0 aromatic heterocycles. The molecule has 7 heteroatoms. The second-order valence-corrected chi connectivity index (χ2v) is 7.73. The van der Waals surface area contributed by atoms with Gasteiger partial charge in [-0.3, -0.25) is 9.69 Å². The number of hydrogen-bond donors (Lipinski definition) is 1. The molecule has 0 aliphatic carbocycles. The lowest BCUT2D eigenvalue weighted by atomic mass is 9.89. The number of benzene rings is 2. The van der Waals surface area contributed by atoms with Gasteiger partial charge in [-0.15, -0.1) is 11.8 Å². The number of alkyl halides is 3. The van der Waals surface area contributed by atoms with E-state index < -0.39 is 29.8 Å². The van der Waals surface area contributed by atoms with Gasteiger partial charge in [0.2, 0.25) is 0 Å². The lowest BCUT2D eigenvalue weighted by molar-refractivity contribution is -0.145. The predicted octanol–water partition coefficient (Wildman–Crippen LogP) is 5.46. The molecule has 1 heterocycles. The summed E-state index contributed by atoms with van der Waals surface area (Å²) in [4.78, 5) is 14.6. The highest BCUT2D eigenvalue weighted by Crippen LogP contribution is 2.41. The van der Waals surface area contributed by atoms with Crippen LogP contribution in [0.3, 0.4) is 0 Å². The number of likely N-dealkylation sites (tertiary alicyclic amines) is 1. The molecule has 1 saturated heterocycles. The van der Waals surface area contributed by atoms with Crippen LogP contribution in [0.25, 0.3) is 0 Å². The number of nitrogens with zero attached hydrogens (tertiary/aromatic N) is 1. The van der Waals surface area contributed by atoms with Gasteiger partial charge in [0, 0.05) is 4.90 Å². The van der Waals surface area contributed by atoms with Crippen LogP contribution in [0.2, 0.25) is 0 Å². The topological polar surface area (TPSA) is 40.5 Å². The van der Waals surface area contributed by atoms with Crippen molar-refractivity contribution in [3.63, 3.8) is 0 Å². The Morgan fingerprint density at radius 2 is 1.82 bits per heavy atom. The molecule has 3 nitrogen and oxygen atoms in total. The van der Waals surface area contributed by atoms with Gasteiger partial charge in [-0.05, 0) is 55.0 Å². The molecule has 3 rings (SSSR count). The molecule has 0 bridgehead atoms. The highest BCUT2D eigenvalue weighted by molar-refractivity contribution is 7.98. The zero-order valence-electron chi connectivity index (χ0n) is 15.4. The van der Waals surface area contributed by atoms with Crippen molar-refractivity contribution in [3.8, 4) is 0 Å². The summed E-state index contributed by atoms with van der Waals surface area (Å²) in [5.41, 5.74) is 0.0476. The second kappa shape index (κ2) is 8.57. The molecule has 1 aliphatic rings. The molecule has 1 aliphatic heterocycles. The quantitative estimate of drug-likeness (QED) is 0.666.